The van der Waals surface area contributed by atoms with Crippen LogP contribution in [0.25, 0.3) is 11.1 Å². The summed E-state index contributed by atoms with van der Waals surface area (Å²) in [6, 6.07) is 4.05. The molecular formula is C14H14N6O. The van der Waals surface area contributed by atoms with Crippen molar-refractivity contribution in [1.29, 1.82) is 10.5 Å². The van der Waals surface area contributed by atoms with E-state index >= 15 is 0 Å². The van der Waals surface area contributed by atoms with E-state index in [-0.39, 0.29) is 22.8 Å². The number of rotatable bonds is 3. The van der Waals surface area contributed by atoms with Gasteiger partial charge < -0.3 is 10.5 Å². The van der Waals surface area contributed by atoms with E-state index in [2.05, 4.69) is 10.1 Å². The summed E-state index contributed by atoms with van der Waals surface area (Å²) >= 11 is 0. The fourth-order valence-electron chi connectivity index (χ4n) is 2.14. The maximum atomic E-state index is 9.41. The van der Waals surface area contributed by atoms with Crippen LogP contribution in [0.2, 0.25) is 0 Å². The molecule has 2 aromatic rings. The third kappa shape index (κ3) is 2.26. The van der Waals surface area contributed by atoms with Gasteiger partial charge in [-0.25, -0.2) is 0 Å². The Hall–Kier alpha value is -3.06. The number of ether oxygens (including phenoxy) is 1. The molecule has 7 nitrogen and oxygen atoms in total. The summed E-state index contributed by atoms with van der Waals surface area (Å²) in [5.41, 5.74) is 7.95. The lowest BCUT2D eigenvalue weighted by Crippen LogP contribution is -2.04. The molecule has 0 atom stereocenters. The normalized spacial score (nSPS) is 9.95. The van der Waals surface area contributed by atoms with Gasteiger partial charge in [0.05, 0.1) is 12.8 Å². The van der Waals surface area contributed by atoms with Crippen LogP contribution in [0.4, 0.5) is 5.82 Å². The van der Waals surface area contributed by atoms with Gasteiger partial charge in [-0.15, -0.1) is 0 Å². The lowest BCUT2D eigenvalue weighted by Gasteiger charge is -2.11. The zero-order valence-corrected chi connectivity index (χ0v) is 12.0. The molecule has 2 aromatic heterocycles. The van der Waals surface area contributed by atoms with Gasteiger partial charge in [0.25, 0.3) is 0 Å². The highest BCUT2D eigenvalue weighted by molar-refractivity contribution is 5.83. The molecule has 0 aliphatic carbocycles. The van der Waals surface area contributed by atoms with Gasteiger partial charge in [0.15, 0.2) is 0 Å². The van der Waals surface area contributed by atoms with E-state index < -0.39 is 0 Å². The molecule has 0 unspecified atom stereocenters. The molecule has 0 radical (unpaired) electrons. The lowest BCUT2D eigenvalue weighted by molar-refractivity contribution is 0.397. The average molecular weight is 282 g/mol. The van der Waals surface area contributed by atoms with Crippen molar-refractivity contribution >= 4 is 5.82 Å². The highest BCUT2D eigenvalue weighted by Gasteiger charge is 2.23. The Labute approximate surface area is 122 Å². The van der Waals surface area contributed by atoms with Crippen LogP contribution in [0.5, 0.6) is 5.88 Å². The highest BCUT2D eigenvalue weighted by atomic mass is 16.5. The molecule has 0 fully saturated rings. The number of nitrogens with two attached hydrogens (primary N) is 1. The maximum Gasteiger partial charge on any atom is 0.234 e. The van der Waals surface area contributed by atoms with Crippen LogP contribution in [-0.4, -0.2) is 21.9 Å². The van der Waals surface area contributed by atoms with Crippen molar-refractivity contribution in [1.82, 2.24) is 14.8 Å². The topological polar surface area (TPSA) is 114 Å². The molecule has 2 rings (SSSR count). The number of nitrogens with zero attached hydrogens (tertiary/aromatic N) is 5. The SMILES string of the molecule is CCn1cc(-c2c(C#N)c(N)nc(OC)c2C#N)c(C)n1. The van der Waals surface area contributed by atoms with Crippen LogP contribution >= 0.6 is 0 Å². The molecule has 0 amide bonds. The Morgan fingerprint density at radius 3 is 2.48 bits per heavy atom. The molecule has 0 bridgehead atoms. The fraction of sp³-hybridized carbons (Fsp3) is 0.286. The molecule has 0 aliphatic rings. The first-order valence-corrected chi connectivity index (χ1v) is 6.29. The standard InChI is InChI=1S/C14H14N6O/c1-4-20-7-11(8(2)19-20)12-9(5-15)13(17)18-14(21-3)10(12)6-16/h7H,4H2,1-3H3,(H2,17,18). The number of hydrogen-bond donors (Lipinski definition) is 1. The average Bonchev–Trinajstić information content (AvgIpc) is 2.86. The van der Waals surface area contributed by atoms with Crippen molar-refractivity contribution in [3.63, 3.8) is 0 Å². The second-order valence-electron chi connectivity index (χ2n) is 4.34. The summed E-state index contributed by atoms with van der Waals surface area (Å²) < 4.78 is 6.83. The number of aryl methyl sites for hydroxylation is 2. The van der Waals surface area contributed by atoms with Gasteiger partial charge >= 0.3 is 0 Å². The molecule has 0 aliphatic heterocycles. The quantitative estimate of drug-likeness (QED) is 0.914. The minimum absolute atomic E-state index is 0.0343. The monoisotopic (exact) mass is 282 g/mol. The third-order valence-electron chi connectivity index (χ3n) is 3.15. The van der Waals surface area contributed by atoms with Crippen LogP contribution in [0.1, 0.15) is 23.7 Å². The summed E-state index contributed by atoms with van der Waals surface area (Å²) in [7, 11) is 1.40. The highest BCUT2D eigenvalue weighted by Crippen LogP contribution is 2.36. The van der Waals surface area contributed by atoms with Crippen LogP contribution in [0.15, 0.2) is 6.20 Å². The third-order valence-corrected chi connectivity index (χ3v) is 3.15. The van der Waals surface area contributed by atoms with Gasteiger partial charge in [-0.2, -0.15) is 20.6 Å². The fourth-order valence-corrected chi connectivity index (χ4v) is 2.14. The summed E-state index contributed by atoms with van der Waals surface area (Å²) in [4.78, 5) is 3.96. The molecular weight excluding hydrogens is 268 g/mol. The van der Waals surface area contributed by atoms with Crippen LogP contribution in [-0.2, 0) is 6.54 Å². The van der Waals surface area contributed by atoms with Gasteiger partial charge in [-0.1, -0.05) is 0 Å². The predicted octanol–water partition coefficient (Wildman–Crippen LogP) is 1.61. The lowest BCUT2D eigenvalue weighted by atomic mass is 9.97. The van der Waals surface area contributed by atoms with E-state index in [4.69, 9.17) is 10.5 Å². The molecule has 2 heterocycles. The molecule has 0 saturated carbocycles. The largest absolute Gasteiger partial charge is 0.480 e. The summed E-state index contributed by atoms with van der Waals surface area (Å²) in [6.07, 6.45) is 1.78. The van der Waals surface area contributed by atoms with Gasteiger partial charge in [0, 0.05) is 23.9 Å². The first kappa shape index (κ1) is 14.4. The first-order chi connectivity index (χ1) is 10.1. The van der Waals surface area contributed by atoms with E-state index in [0.29, 0.717) is 23.4 Å². The molecule has 21 heavy (non-hydrogen) atoms. The zero-order chi connectivity index (χ0) is 15.6. The van der Waals surface area contributed by atoms with Crippen LogP contribution in [0, 0.1) is 29.6 Å². The summed E-state index contributed by atoms with van der Waals surface area (Å²) in [5, 5.41) is 23.1. The van der Waals surface area contributed by atoms with Crippen molar-refractivity contribution < 1.29 is 4.74 Å². The Morgan fingerprint density at radius 1 is 1.33 bits per heavy atom. The number of pyridine rings is 1. The number of methoxy groups -OCH3 is 1. The van der Waals surface area contributed by atoms with E-state index in [1.54, 1.807) is 10.9 Å². The summed E-state index contributed by atoms with van der Waals surface area (Å²) in [5.74, 6) is 0.139. The van der Waals surface area contributed by atoms with Crippen molar-refractivity contribution in [2.75, 3.05) is 12.8 Å². The van der Waals surface area contributed by atoms with Crippen LogP contribution in [0.3, 0.4) is 0 Å². The Kier molecular flexibility index (Phi) is 3.77. The van der Waals surface area contributed by atoms with Gasteiger partial charge in [-0.3, -0.25) is 4.68 Å². The van der Waals surface area contributed by atoms with Crippen molar-refractivity contribution in [3.8, 4) is 29.1 Å². The van der Waals surface area contributed by atoms with Gasteiger partial charge in [-0.05, 0) is 13.8 Å². The second kappa shape index (κ2) is 5.51. The molecule has 0 saturated heterocycles. The maximum absolute atomic E-state index is 9.41. The Morgan fingerprint density at radius 2 is 2.00 bits per heavy atom. The van der Waals surface area contributed by atoms with E-state index in [0.717, 1.165) is 0 Å². The number of anilines is 1. The molecule has 7 heteroatoms. The number of nitrogen functional groups attached to an aromatic ring is 1. The number of aromatic nitrogens is 3. The Bertz CT molecular complexity index is 778. The number of hydrogen-bond acceptors (Lipinski definition) is 6. The minimum Gasteiger partial charge on any atom is -0.480 e. The molecule has 2 N–H and O–H groups in total. The summed E-state index contributed by atoms with van der Waals surface area (Å²) in [6.45, 7) is 4.45. The van der Waals surface area contributed by atoms with Gasteiger partial charge in [0.2, 0.25) is 5.88 Å². The van der Waals surface area contributed by atoms with E-state index in [1.165, 1.54) is 7.11 Å². The second-order valence-corrected chi connectivity index (χ2v) is 4.34. The smallest absolute Gasteiger partial charge is 0.234 e. The number of nitriles is 2. The molecule has 0 aromatic carbocycles. The Balaban J connectivity index is 2.89. The van der Waals surface area contributed by atoms with Gasteiger partial charge in [0.1, 0.15) is 29.1 Å². The van der Waals surface area contributed by atoms with Crippen LogP contribution < -0.4 is 10.5 Å². The minimum atomic E-state index is 0.0343. The van der Waals surface area contributed by atoms with Crippen molar-refractivity contribution in [2.45, 2.75) is 20.4 Å². The van der Waals surface area contributed by atoms with E-state index in [9.17, 15) is 10.5 Å². The van der Waals surface area contributed by atoms with Crippen molar-refractivity contribution in [2.24, 2.45) is 0 Å². The zero-order valence-electron chi connectivity index (χ0n) is 12.0. The first-order valence-electron chi connectivity index (χ1n) is 6.29. The van der Waals surface area contributed by atoms with E-state index in [1.807, 2.05) is 26.0 Å². The molecule has 106 valence electrons. The van der Waals surface area contributed by atoms with Crippen molar-refractivity contribution in [3.05, 3.63) is 23.0 Å². The predicted molar refractivity (Wildman–Crippen MR) is 76.3 cm³/mol. The molecule has 0 spiro atoms.